The van der Waals surface area contributed by atoms with Gasteiger partial charge in [0.05, 0.1) is 0 Å². The number of rotatable bonds is 4. The predicted molar refractivity (Wildman–Crippen MR) is 59.1 cm³/mol. The summed E-state index contributed by atoms with van der Waals surface area (Å²) in [5.74, 6) is 1.08. The summed E-state index contributed by atoms with van der Waals surface area (Å²) in [6, 6.07) is 0.444. The van der Waals surface area contributed by atoms with E-state index in [1.54, 1.807) is 0 Å². The third kappa shape index (κ3) is 3.28. The van der Waals surface area contributed by atoms with Crippen LogP contribution in [-0.4, -0.2) is 28.2 Å². The minimum absolute atomic E-state index is 0.444. The second-order valence-corrected chi connectivity index (χ2v) is 5.53. The third-order valence-electron chi connectivity index (χ3n) is 1.19. The Labute approximate surface area is 88.5 Å². The molecule has 1 atom stereocenters. The molecule has 0 amide bonds. The number of hydrogen-bond donors (Lipinski definition) is 1. The summed E-state index contributed by atoms with van der Waals surface area (Å²) in [4.78, 5) is 0. The van der Waals surface area contributed by atoms with Crippen LogP contribution >= 0.6 is 39.0 Å². The molecule has 0 bridgehead atoms. The minimum atomic E-state index is 0.444. The van der Waals surface area contributed by atoms with Gasteiger partial charge in [-0.25, -0.2) is 0 Å². The number of thioether (sulfide) groups is 1. The summed E-state index contributed by atoms with van der Waals surface area (Å²) in [6.45, 7) is 2.13. The number of aromatic nitrogens is 2. The number of halogens is 1. The van der Waals surface area contributed by atoms with Crippen molar-refractivity contribution < 1.29 is 0 Å². The Bertz CT molecular complexity index is 240. The highest BCUT2D eigenvalue weighted by atomic mass is 79.9. The van der Waals surface area contributed by atoms with Crippen LogP contribution in [-0.2, 0) is 0 Å². The van der Waals surface area contributed by atoms with E-state index in [1.807, 2.05) is 11.8 Å². The van der Waals surface area contributed by atoms with Gasteiger partial charge in [0.15, 0.2) is 3.92 Å². The van der Waals surface area contributed by atoms with Crippen LogP contribution in [0.3, 0.4) is 0 Å². The van der Waals surface area contributed by atoms with Gasteiger partial charge in [-0.1, -0.05) is 11.3 Å². The van der Waals surface area contributed by atoms with E-state index in [9.17, 15) is 0 Å². The van der Waals surface area contributed by atoms with Gasteiger partial charge >= 0.3 is 0 Å². The van der Waals surface area contributed by atoms with Crippen LogP contribution in [0.2, 0.25) is 0 Å². The Morgan fingerprint density at radius 1 is 1.67 bits per heavy atom. The van der Waals surface area contributed by atoms with E-state index >= 15 is 0 Å². The van der Waals surface area contributed by atoms with Crippen LogP contribution in [0.5, 0.6) is 0 Å². The average molecular weight is 268 g/mol. The normalized spacial score (nSPS) is 12.9. The fraction of sp³-hybridized carbons (Fsp3) is 0.667. The van der Waals surface area contributed by atoms with Crippen molar-refractivity contribution in [2.45, 2.75) is 13.0 Å². The zero-order chi connectivity index (χ0) is 8.97. The van der Waals surface area contributed by atoms with Crippen LogP contribution in [0.1, 0.15) is 6.92 Å². The third-order valence-corrected chi connectivity index (χ3v) is 3.31. The Morgan fingerprint density at radius 3 is 2.92 bits per heavy atom. The molecule has 1 aromatic heterocycles. The SMILES string of the molecule is CSCC(C)Nc1nnc(Br)s1. The molecule has 1 aromatic rings. The van der Waals surface area contributed by atoms with Gasteiger partial charge in [-0.15, -0.1) is 10.2 Å². The zero-order valence-corrected chi connectivity index (χ0v) is 10.1. The first kappa shape index (κ1) is 10.3. The van der Waals surface area contributed by atoms with E-state index in [-0.39, 0.29) is 0 Å². The monoisotopic (exact) mass is 267 g/mol. The molecular weight excluding hydrogens is 258 g/mol. The lowest BCUT2D eigenvalue weighted by Gasteiger charge is -2.09. The van der Waals surface area contributed by atoms with E-state index in [4.69, 9.17) is 0 Å². The maximum absolute atomic E-state index is 3.94. The highest BCUT2D eigenvalue weighted by molar-refractivity contribution is 9.11. The number of nitrogens with one attached hydrogen (secondary N) is 1. The molecule has 68 valence electrons. The summed E-state index contributed by atoms with van der Waals surface area (Å²) in [7, 11) is 0. The molecule has 0 spiro atoms. The Morgan fingerprint density at radius 2 is 2.42 bits per heavy atom. The van der Waals surface area contributed by atoms with Crippen LogP contribution in [0.25, 0.3) is 0 Å². The Balaban J connectivity index is 2.41. The molecular formula is C6H10BrN3S2. The molecule has 0 aliphatic rings. The van der Waals surface area contributed by atoms with Crippen molar-refractivity contribution in [3.8, 4) is 0 Å². The Hall–Kier alpha value is 0.190. The van der Waals surface area contributed by atoms with E-state index < -0.39 is 0 Å². The molecule has 1 rings (SSSR count). The lowest BCUT2D eigenvalue weighted by atomic mass is 10.4. The van der Waals surface area contributed by atoms with Gasteiger partial charge in [-0.05, 0) is 29.1 Å². The highest BCUT2D eigenvalue weighted by Gasteiger charge is 2.04. The maximum Gasteiger partial charge on any atom is 0.206 e. The molecule has 1 N–H and O–H groups in total. The highest BCUT2D eigenvalue weighted by Crippen LogP contribution is 2.20. The molecule has 12 heavy (non-hydrogen) atoms. The van der Waals surface area contributed by atoms with Crippen LogP contribution in [0.4, 0.5) is 5.13 Å². The fourth-order valence-electron chi connectivity index (χ4n) is 0.766. The lowest BCUT2D eigenvalue weighted by molar-refractivity contribution is 0.900. The molecule has 0 saturated carbocycles. The molecule has 0 aliphatic carbocycles. The largest absolute Gasteiger partial charge is 0.357 e. The molecule has 0 saturated heterocycles. The molecule has 0 fully saturated rings. The first-order valence-corrected chi connectivity index (χ1v) is 6.47. The van der Waals surface area contributed by atoms with Crippen molar-refractivity contribution in [3.63, 3.8) is 0 Å². The zero-order valence-electron chi connectivity index (χ0n) is 6.87. The van der Waals surface area contributed by atoms with Crippen molar-refractivity contribution >= 4 is 44.2 Å². The van der Waals surface area contributed by atoms with Crippen LogP contribution < -0.4 is 5.32 Å². The predicted octanol–water partition coefficient (Wildman–Crippen LogP) is 2.46. The van der Waals surface area contributed by atoms with Gasteiger partial charge in [-0.3, -0.25) is 0 Å². The van der Waals surface area contributed by atoms with Gasteiger partial charge in [-0.2, -0.15) is 11.8 Å². The molecule has 0 aromatic carbocycles. The number of hydrogen-bond acceptors (Lipinski definition) is 5. The summed E-state index contributed by atoms with van der Waals surface area (Å²) in [5, 5.41) is 11.9. The topological polar surface area (TPSA) is 37.8 Å². The Kier molecular flexibility index (Phi) is 4.31. The van der Waals surface area contributed by atoms with Crippen molar-refractivity contribution in [2.24, 2.45) is 0 Å². The molecule has 1 heterocycles. The summed E-state index contributed by atoms with van der Waals surface area (Å²) in [5.41, 5.74) is 0. The quantitative estimate of drug-likeness (QED) is 0.910. The number of nitrogens with zero attached hydrogens (tertiary/aromatic N) is 2. The van der Waals surface area contributed by atoms with E-state index in [0.29, 0.717) is 6.04 Å². The summed E-state index contributed by atoms with van der Waals surface area (Å²) in [6.07, 6.45) is 2.09. The molecule has 0 radical (unpaired) electrons. The summed E-state index contributed by atoms with van der Waals surface area (Å²) >= 11 is 6.59. The van der Waals surface area contributed by atoms with E-state index in [1.165, 1.54) is 11.3 Å². The minimum Gasteiger partial charge on any atom is -0.357 e. The van der Waals surface area contributed by atoms with Gasteiger partial charge in [0, 0.05) is 11.8 Å². The van der Waals surface area contributed by atoms with Gasteiger partial charge in [0.25, 0.3) is 0 Å². The smallest absolute Gasteiger partial charge is 0.206 e. The first-order chi connectivity index (χ1) is 5.72. The van der Waals surface area contributed by atoms with Gasteiger partial charge in [0.1, 0.15) is 0 Å². The molecule has 1 unspecified atom stereocenters. The molecule has 0 aliphatic heterocycles. The van der Waals surface area contributed by atoms with Gasteiger partial charge < -0.3 is 5.32 Å². The van der Waals surface area contributed by atoms with Crippen molar-refractivity contribution in [3.05, 3.63) is 3.92 Å². The average Bonchev–Trinajstić information content (AvgIpc) is 2.36. The fourth-order valence-corrected chi connectivity index (χ4v) is 2.47. The molecule has 6 heteroatoms. The van der Waals surface area contributed by atoms with Crippen molar-refractivity contribution in [2.75, 3.05) is 17.3 Å². The number of anilines is 1. The van der Waals surface area contributed by atoms with E-state index in [0.717, 1.165) is 14.8 Å². The van der Waals surface area contributed by atoms with Crippen LogP contribution in [0.15, 0.2) is 3.92 Å². The second-order valence-electron chi connectivity index (χ2n) is 2.36. The lowest BCUT2D eigenvalue weighted by Crippen LogP contribution is -2.17. The first-order valence-electron chi connectivity index (χ1n) is 3.47. The van der Waals surface area contributed by atoms with Crippen LogP contribution in [0, 0.1) is 0 Å². The van der Waals surface area contributed by atoms with E-state index in [2.05, 4.69) is 44.6 Å². The van der Waals surface area contributed by atoms with Gasteiger partial charge in [0.2, 0.25) is 5.13 Å². The standard InChI is InChI=1S/C6H10BrN3S2/c1-4(3-11-2)8-6-10-9-5(7)12-6/h4H,3H2,1-2H3,(H,8,10). The van der Waals surface area contributed by atoms with Crippen molar-refractivity contribution in [1.29, 1.82) is 0 Å². The maximum atomic E-state index is 3.94. The molecule has 3 nitrogen and oxygen atoms in total. The second kappa shape index (κ2) is 5.04. The summed E-state index contributed by atoms with van der Waals surface area (Å²) < 4.78 is 0.821. The van der Waals surface area contributed by atoms with Crippen molar-refractivity contribution in [1.82, 2.24) is 10.2 Å².